The maximum absolute atomic E-state index is 8.72. The van der Waals surface area contributed by atoms with E-state index in [1.807, 2.05) is 0 Å². The zero-order chi connectivity index (χ0) is 37.2. The van der Waals surface area contributed by atoms with Crippen LogP contribution in [0.4, 0.5) is 0 Å². The molecule has 0 saturated heterocycles. The van der Waals surface area contributed by atoms with Gasteiger partial charge in [-0.05, 0) is 0 Å². The fraction of sp³-hybridized carbons (Fsp3) is 1.00. The van der Waals surface area contributed by atoms with Gasteiger partial charge in [0.05, 0.1) is 0 Å². The summed E-state index contributed by atoms with van der Waals surface area (Å²) in [6.07, 6.45) is 0. The molecule has 0 aromatic carbocycles. The van der Waals surface area contributed by atoms with Gasteiger partial charge in [-0.3, -0.25) is 0 Å². The number of rotatable bonds is 16. The molecule has 23 heteroatoms. The van der Waals surface area contributed by atoms with Crippen molar-refractivity contribution in [3.05, 3.63) is 0 Å². The van der Waals surface area contributed by atoms with Gasteiger partial charge >= 0.3 is 291 Å². The maximum Gasteiger partial charge on any atom is -0.147 e. The van der Waals surface area contributed by atoms with Crippen molar-refractivity contribution in [3.8, 4) is 0 Å². The van der Waals surface area contributed by atoms with E-state index in [4.69, 9.17) is 29.3 Å². The average Bonchev–Trinajstić information content (AvgIpc) is 2.86. The molecule has 0 amide bonds. The monoisotopic (exact) mass is 810 g/mol. The van der Waals surface area contributed by atoms with Crippen LogP contribution in [-0.2, 0) is 0 Å². The second-order valence-electron chi connectivity index (χ2n) is 13.5. The summed E-state index contributed by atoms with van der Waals surface area (Å²) < 4.78 is 50.0. The molecule has 0 bridgehead atoms. The van der Waals surface area contributed by atoms with E-state index < -0.39 is 36.6 Å². The zero-order valence-electron chi connectivity index (χ0n) is 34.2. The summed E-state index contributed by atoms with van der Waals surface area (Å²) in [4.78, 5) is 0. The van der Waals surface area contributed by atoms with Crippen molar-refractivity contribution in [3.63, 3.8) is 0 Å². The van der Waals surface area contributed by atoms with Gasteiger partial charge in [0.15, 0.2) is 0 Å². The Hall–Kier alpha value is 1.45. The molecule has 0 radical (unpaired) electrons. The van der Waals surface area contributed by atoms with Gasteiger partial charge in [-0.1, -0.05) is 0 Å². The molecule has 0 aromatic heterocycles. The Morgan fingerprint density at radius 2 is 0.362 bits per heavy atom. The van der Waals surface area contributed by atoms with E-state index in [0.717, 1.165) is 0 Å². The second kappa shape index (κ2) is 18.0. The second-order valence-corrected chi connectivity index (χ2v) is 33.8. The molecule has 288 valence electrons. The number of nitrogens with zero attached hydrogens (tertiary/aromatic N) is 16. The first-order valence-corrected chi connectivity index (χ1v) is 24.3. The third kappa shape index (κ3) is 9.52. The van der Waals surface area contributed by atoms with Gasteiger partial charge in [0, 0.05) is 0 Å². The minimum absolute atomic E-state index is 0. The molecule has 0 heterocycles. The molecule has 0 aliphatic carbocycles. The predicted octanol–water partition coefficient (Wildman–Crippen LogP) is 6.30. The van der Waals surface area contributed by atoms with Gasteiger partial charge in [-0.15, -0.1) is 12.4 Å². The van der Waals surface area contributed by atoms with Crippen LogP contribution in [0.2, 0.25) is 0 Å². The summed E-state index contributed by atoms with van der Waals surface area (Å²) in [6, 6.07) is 0. The van der Waals surface area contributed by atoms with Gasteiger partial charge in [0.2, 0.25) is 0 Å². The molecule has 0 rings (SSSR count). The number of hydrogen-bond acceptors (Lipinski definition) is 4. The van der Waals surface area contributed by atoms with Crippen LogP contribution in [0.15, 0.2) is 18.1 Å². The molecule has 0 aliphatic rings. The quantitative estimate of drug-likeness (QED) is 0.164. The van der Waals surface area contributed by atoms with Crippen molar-refractivity contribution in [2.45, 2.75) is 0 Å². The minimum Gasteiger partial charge on any atom is -0.147 e. The normalized spacial score (nSPS) is 15.4. The molecular formula is C24H73Cl2N16P5. The van der Waals surface area contributed by atoms with Gasteiger partial charge < -0.3 is 0 Å². The van der Waals surface area contributed by atoms with Crippen LogP contribution in [-0.4, -0.2) is 225 Å². The Kier molecular flexibility index (Phi) is 19.3. The van der Waals surface area contributed by atoms with Gasteiger partial charge in [-0.25, -0.2) is 0 Å². The van der Waals surface area contributed by atoms with E-state index in [1.54, 1.807) is 0 Å². The van der Waals surface area contributed by atoms with Crippen molar-refractivity contribution in [1.29, 1.82) is 0 Å². The van der Waals surface area contributed by atoms with Crippen molar-refractivity contribution in [2.75, 3.05) is 169 Å². The fourth-order valence-electron chi connectivity index (χ4n) is 6.19. The Morgan fingerprint density at radius 1 is 0.277 bits per heavy atom. The molecule has 0 unspecified atom stereocenters. The number of halogens is 2. The van der Waals surface area contributed by atoms with Crippen LogP contribution >= 0.6 is 60.2 Å². The first-order valence-electron chi connectivity index (χ1n) is 14.9. The first kappa shape index (κ1) is 50.6. The molecule has 0 atom stereocenters. The topological polar surface area (TPSA) is 88.3 Å². The molecular weight excluding hydrogens is 738 g/mol. The number of hydrogen-bond donors (Lipinski definition) is 0. The summed E-state index contributed by atoms with van der Waals surface area (Å²) in [5.74, 6) is 0. The van der Waals surface area contributed by atoms with Crippen LogP contribution < -0.4 is 0 Å². The molecule has 0 N–H and O–H groups in total. The van der Waals surface area contributed by atoms with Crippen LogP contribution in [0.5, 0.6) is 0 Å². The molecule has 0 aromatic rings. The van der Waals surface area contributed by atoms with Crippen LogP contribution in [0.3, 0.4) is 0 Å². The third-order valence-electron chi connectivity index (χ3n) is 7.54. The third-order valence-corrected chi connectivity index (χ3v) is 31.6. The van der Waals surface area contributed by atoms with Gasteiger partial charge in [-0.2, -0.15) is 0 Å². The van der Waals surface area contributed by atoms with Crippen molar-refractivity contribution in [1.82, 2.24) is 56.0 Å². The molecule has 0 saturated carbocycles. The Morgan fingerprint density at radius 3 is 0.426 bits per heavy atom. The Balaban J connectivity index is 0. The van der Waals surface area contributed by atoms with E-state index in [1.165, 1.54) is 0 Å². The maximum atomic E-state index is 8.72. The van der Waals surface area contributed by atoms with Gasteiger partial charge in [0.25, 0.3) is 0 Å². The smallest absolute Gasteiger partial charge is 0.147 e. The molecule has 0 aliphatic heterocycles. The predicted molar refractivity (Wildman–Crippen MR) is 222 cm³/mol. The molecule has 16 nitrogen and oxygen atoms in total. The van der Waals surface area contributed by atoms with E-state index in [-0.39, 0.29) is 12.4 Å². The molecule has 0 spiro atoms. The van der Waals surface area contributed by atoms with E-state index in [9.17, 15) is 0 Å². The molecule has 0 fully saturated rings. The standard InChI is InChI=1S/C24H72ClN16P5.ClH/c1-30(2)42(31(3)4,32(5)6)26-46(25,27-43(33(7)8,34(9)10)35(11)12,28-44(36(13)14,37(15)16)38(17)18)29-45(39(19)20,40(21)22)41(23)24;/h1-24H3;1H. The van der Waals surface area contributed by atoms with Crippen LogP contribution in [0, 0.1) is 0 Å². The van der Waals surface area contributed by atoms with Crippen molar-refractivity contribution in [2.24, 2.45) is 18.1 Å². The Bertz CT molecular complexity index is 944. The van der Waals surface area contributed by atoms with Crippen LogP contribution in [0.1, 0.15) is 0 Å². The summed E-state index contributed by atoms with van der Waals surface area (Å²) in [7, 11) is 38.2. The largest absolute Gasteiger partial charge is 0.147 e. The van der Waals surface area contributed by atoms with Crippen molar-refractivity contribution < 1.29 is 0 Å². The fourth-order valence-corrected chi connectivity index (χ4v) is 35.1. The van der Waals surface area contributed by atoms with E-state index in [2.05, 4.69) is 225 Å². The summed E-state index contributed by atoms with van der Waals surface area (Å²) in [5.41, 5.74) is 0. The minimum atomic E-state index is -4.97. The van der Waals surface area contributed by atoms with Crippen LogP contribution in [0.25, 0.3) is 0 Å². The molecule has 47 heavy (non-hydrogen) atoms. The summed E-state index contributed by atoms with van der Waals surface area (Å²) >= 11 is 8.72. The Labute approximate surface area is 302 Å². The SMILES string of the molecule is CN(C)P(=NP(Cl)(N=P(N(C)C)(N(C)C)N(C)C)(N=P(N(C)C)(N(C)C)N(C)C)N=P(N(C)C)(N(C)C)N(C)C)(N(C)C)N(C)C.Cl. The first-order chi connectivity index (χ1) is 20.4. The summed E-state index contributed by atoms with van der Waals surface area (Å²) in [6.45, 7) is -4.97. The van der Waals surface area contributed by atoms with E-state index in [0.29, 0.717) is 0 Å². The van der Waals surface area contributed by atoms with Gasteiger partial charge in [0.1, 0.15) is 0 Å². The average molecular weight is 812 g/mol. The summed E-state index contributed by atoms with van der Waals surface area (Å²) in [5, 5.41) is 0. The van der Waals surface area contributed by atoms with Crippen molar-refractivity contribution >= 4 is 60.2 Å². The van der Waals surface area contributed by atoms with E-state index >= 15 is 0 Å². The zero-order valence-corrected chi connectivity index (χ0v) is 40.2.